The van der Waals surface area contributed by atoms with Gasteiger partial charge in [0.1, 0.15) is 12.6 Å². The van der Waals surface area contributed by atoms with E-state index in [2.05, 4.69) is 37.4 Å². The number of aromatic nitrogens is 3. The van der Waals surface area contributed by atoms with Crippen molar-refractivity contribution in [3.8, 4) is 5.88 Å². The van der Waals surface area contributed by atoms with Gasteiger partial charge in [0, 0.05) is 34.5 Å². The number of likely N-dealkylation sites (tertiary alicyclic amines) is 1. The van der Waals surface area contributed by atoms with Crippen molar-refractivity contribution in [3.05, 3.63) is 40.9 Å². The molecular weight excluding hydrogens is 677 g/mol. The maximum atomic E-state index is 13.6. The van der Waals surface area contributed by atoms with Crippen molar-refractivity contribution in [1.82, 2.24) is 14.9 Å². The highest BCUT2D eigenvalue weighted by molar-refractivity contribution is 9.10. The van der Waals surface area contributed by atoms with Crippen LogP contribution in [-0.2, 0) is 11.3 Å². The molecule has 1 atom stereocenters. The predicted molar refractivity (Wildman–Crippen MR) is 134 cm³/mol. The number of halogens is 11. The van der Waals surface area contributed by atoms with Crippen LogP contribution in [0.1, 0.15) is 23.8 Å². The van der Waals surface area contributed by atoms with E-state index in [9.17, 15) is 53.2 Å². The lowest BCUT2D eigenvalue weighted by molar-refractivity contribution is -0.704. The third-order valence-electron chi connectivity index (χ3n) is 5.52. The zero-order chi connectivity index (χ0) is 32.8. The van der Waals surface area contributed by atoms with Crippen molar-refractivity contribution in [2.75, 3.05) is 31.1 Å². The number of nitrogens with two attached hydrogens (primary N) is 1. The van der Waals surface area contributed by atoms with Crippen LogP contribution in [0, 0.1) is 0 Å². The van der Waals surface area contributed by atoms with Gasteiger partial charge in [-0.05, 0) is 13.0 Å². The standard InChI is InChI=1S/C15H15F6N5O3.C7H9BrN.BF4/c16-9(17)3-29-12-11(25-4-15(20,21)5-25)23-2-7(24-12)13(28)26-6-14(18,19)1-8(26)10(22)27;1-2-9-6-4-3-5-7(9)8;2-1(3,4)5/h2,8-9H,1,3-6H2,(H2,22,27);3-6H,2H2,1H3;/q;+1;-1/t8-;;/m0../s1. The van der Waals surface area contributed by atoms with E-state index in [-0.39, 0.29) is 5.82 Å². The predicted octanol–water partition coefficient (Wildman–Crippen LogP) is 3.97. The van der Waals surface area contributed by atoms with Gasteiger partial charge in [0.15, 0.2) is 24.3 Å². The molecule has 2 aliphatic heterocycles. The minimum absolute atomic E-state index is 0.300. The van der Waals surface area contributed by atoms with Gasteiger partial charge in [-0.3, -0.25) is 9.59 Å². The fourth-order valence-corrected chi connectivity index (χ4v) is 4.25. The molecule has 2 saturated heterocycles. The first kappa shape index (κ1) is 35.8. The van der Waals surface area contributed by atoms with Gasteiger partial charge in [-0.25, -0.2) is 36.3 Å². The fraction of sp³-hybridized carbons (Fsp3) is 0.500. The van der Waals surface area contributed by atoms with Crippen LogP contribution in [0.4, 0.5) is 49.4 Å². The minimum Gasteiger partial charge on any atom is -0.469 e. The number of hydrogen-bond acceptors (Lipinski definition) is 6. The Morgan fingerprint density at radius 2 is 1.74 bits per heavy atom. The minimum atomic E-state index is -6.00. The molecule has 21 heteroatoms. The summed E-state index contributed by atoms with van der Waals surface area (Å²) in [6.07, 6.45) is -1.06. The molecule has 2 fully saturated rings. The van der Waals surface area contributed by atoms with Gasteiger partial charge in [0.2, 0.25) is 10.5 Å². The molecule has 4 rings (SSSR count). The number of carbonyl (C=O) groups is 2. The van der Waals surface area contributed by atoms with E-state index in [0.717, 1.165) is 22.2 Å². The smallest absolute Gasteiger partial charge is 0.469 e. The Kier molecular flexibility index (Phi) is 12.0. The maximum Gasteiger partial charge on any atom is 0.673 e. The monoisotopic (exact) mass is 700 g/mol. The van der Waals surface area contributed by atoms with E-state index >= 15 is 0 Å². The van der Waals surface area contributed by atoms with E-state index in [1.807, 2.05) is 24.4 Å². The van der Waals surface area contributed by atoms with Crippen LogP contribution in [-0.4, -0.2) is 84.5 Å². The van der Waals surface area contributed by atoms with Crippen LogP contribution in [0.3, 0.4) is 0 Å². The summed E-state index contributed by atoms with van der Waals surface area (Å²) >= 11 is 3.42. The molecule has 0 saturated carbocycles. The fourth-order valence-electron chi connectivity index (χ4n) is 3.73. The summed E-state index contributed by atoms with van der Waals surface area (Å²) in [6.45, 7) is -0.653. The maximum absolute atomic E-state index is 13.6. The van der Waals surface area contributed by atoms with Crippen LogP contribution in [0.2, 0.25) is 0 Å². The van der Waals surface area contributed by atoms with Crippen LogP contribution in [0.15, 0.2) is 35.2 Å². The lowest BCUT2D eigenvalue weighted by Gasteiger charge is -2.39. The number of hydrogen-bond donors (Lipinski definition) is 1. The van der Waals surface area contributed by atoms with Crippen LogP contribution in [0.5, 0.6) is 5.88 Å². The molecule has 0 spiro atoms. The molecule has 0 aliphatic carbocycles. The lowest BCUT2D eigenvalue weighted by atomic mass is 10.1. The third-order valence-corrected chi connectivity index (χ3v) is 6.24. The molecule has 4 heterocycles. The normalized spacial score (nSPS) is 18.6. The molecule has 2 aromatic rings. The zero-order valence-corrected chi connectivity index (χ0v) is 23.6. The van der Waals surface area contributed by atoms with E-state index < -0.39 is 87.6 Å². The number of anilines is 1. The lowest BCUT2D eigenvalue weighted by Crippen LogP contribution is -2.56. The van der Waals surface area contributed by atoms with E-state index in [1.165, 1.54) is 0 Å². The van der Waals surface area contributed by atoms with Gasteiger partial charge in [0.25, 0.3) is 30.1 Å². The Bertz CT molecular complexity index is 1260. The molecule has 2 aromatic heterocycles. The van der Waals surface area contributed by atoms with Gasteiger partial charge in [-0.1, -0.05) is 0 Å². The summed E-state index contributed by atoms with van der Waals surface area (Å²) in [6, 6.07) is 4.46. The molecule has 2 aliphatic rings. The number of ether oxygens (including phenoxy) is 1. The Morgan fingerprint density at radius 1 is 1.14 bits per heavy atom. The summed E-state index contributed by atoms with van der Waals surface area (Å²) in [5.41, 5.74) is 4.47. The first-order valence-corrected chi connectivity index (χ1v) is 12.9. The van der Waals surface area contributed by atoms with Crippen molar-refractivity contribution in [2.45, 2.75) is 44.2 Å². The Hall–Kier alpha value is -3.39. The zero-order valence-electron chi connectivity index (χ0n) is 22.1. The molecular formula is C22H24BBrF10N6O3. The average molecular weight is 701 g/mol. The number of alkyl halides is 6. The van der Waals surface area contributed by atoms with Crippen LogP contribution < -0.4 is 19.9 Å². The number of pyridine rings is 1. The van der Waals surface area contributed by atoms with Gasteiger partial charge < -0.3 is 37.5 Å². The molecule has 43 heavy (non-hydrogen) atoms. The highest BCUT2D eigenvalue weighted by atomic mass is 79.9. The molecule has 0 unspecified atom stereocenters. The SMILES string of the molecule is CC[n+]1ccccc1Br.F[B-](F)(F)F.NC(=O)[C@@H]1CC(F)(F)CN1C(=O)c1cnc(N2CC(F)(F)C2)c(OCC(F)F)n1. The molecule has 2 amide bonds. The first-order chi connectivity index (χ1) is 19.7. The second-order valence-corrected chi connectivity index (χ2v) is 9.83. The molecule has 0 aromatic carbocycles. The molecule has 2 N–H and O–H groups in total. The number of nitrogens with zero attached hydrogens (tertiary/aromatic N) is 5. The number of carbonyl (C=O) groups excluding carboxylic acids is 2. The quantitative estimate of drug-likeness (QED) is 0.203. The summed E-state index contributed by atoms with van der Waals surface area (Å²) in [5.74, 6) is -9.61. The highest BCUT2D eigenvalue weighted by Crippen LogP contribution is 2.36. The number of amides is 2. The van der Waals surface area contributed by atoms with Gasteiger partial charge in [-0.15, -0.1) is 0 Å². The molecule has 240 valence electrons. The summed E-state index contributed by atoms with van der Waals surface area (Å²) in [7, 11) is -6.00. The van der Waals surface area contributed by atoms with Crippen LogP contribution >= 0.6 is 15.9 Å². The van der Waals surface area contributed by atoms with Crippen molar-refractivity contribution < 1.29 is 62.5 Å². The summed E-state index contributed by atoms with van der Waals surface area (Å²) < 4.78 is 125. The Morgan fingerprint density at radius 3 is 2.21 bits per heavy atom. The Labute approximate surface area is 246 Å². The Balaban J connectivity index is 0.000000379. The van der Waals surface area contributed by atoms with Gasteiger partial charge in [0.05, 0.1) is 25.8 Å². The first-order valence-electron chi connectivity index (χ1n) is 12.1. The average Bonchev–Trinajstić information content (AvgIpc) is 3.21. The highest BCUT2D eigenvalue weighted by Gasteiger charge is 2.50. The molecule has 9 nitrogen and oxygen atoms in total. The topological polar surface area (TPSA) is 106 Å². The van der Waals surface area contributed by atoms with Crippen LogP contribution in [0.25, 0.3) is 0 Å². The largest absolute Gasteiger partial charge is 0.673 e. The van der Waals surface area contributed by atoms with Crippen molar-refractivity contribution in [3.63, 3.8) is 0 Å². The van der Waals surface area contributed by atoms with Gasteiger partial charge in [-0.2, -0.15) is 4.57 Å². The van der Waals surface area contributed by atoms with Crippen molar-refractivity contribution >= 4 is 40.8 Å². The van der Waals surface area contributed by atoms with Crippen molar-refractivity contribution in [1.29, 1.82) is 0 Å². The molecule has 0 bridgehead atoms. The third kappa shape index (κ3) is 11.3. The van der Waals surface area contributed by atoms with Crippen molar-refractivity contribution in [2.24, 2.45) is 5.73 Å². The summed E-state index contributed by atoms with van der Waals surface area (Å²) in [5, 5.41) is 0. The second-order valence-electron chi connectivity index (χ2n) is 9.01. The second kappa shape index (κ2) is 14.4. The van der Waals surface area contributed by atoms with E-state index in [0.29, 0.717) is 4.90 Å². The van der Waals surface area contributed by atoms with E-state index in [1.54, 1.807) is 0 Å². The number of aryl methyl sites for hydroxylation is 1. The number of rotatable bonds is 7. The molecule has 0 radical (unpaired) electrons. The number of primary amides is 1. The summed E-state index contributed by atoms with van der Waals surface area (Å²) in [4.78, 5) is 32.9. The van der Waals surface area contributed by atoms with Gasteiger partial charge >= 0.3 is 7.25 Å². The van der Waals surface area contributed by atoms with E-state index in [4.69, 9.17) is 10.5 Å².